The van der Waals surface area contributed by atoms with Crippen LogP contribution in [0.3, 0.4) is 0 Å². The van der Waals surface area contributed by atoms with Gasteiger partial charge in [0, 0.05) is 17.1 Å². The maximum atomic E-state index is 13.1. The van der Waals surface area contributed by atoms with Gasteiger partial charge in [-0.05, 0) is 38.1 Å². The first-order chi connectivity index (χ1) is 12.3. The van der Waals surface area contributed by atoms with E-state index in [-0.39, 0.29) is 16.2 Å². The Morgan fingerprint density at radius 2 is 1.65 bits per heavy atom. The number of aryl methyl sites for hydroxylation is 2. The van der Waals surface area contributed by atoms with Gasteiger partial charge in [-0.3, -0.25) is 0 Å². The summed E-state index contributed by atoms with van der Waals surface area (Å²) in [5, 5.41) is 0.611. The number of aromatic nitrogens is 1. The van der Waals surface area contributed by atoms with Crippen LogP contribution in [0.15, 0.2) is 47.4 Å². The van der Waals surface area contributed by atoms with Crippen LogP contribution in [0.1, 0.15) is 21.6 Å². The van der Waals surface area contributed by atoms with Crippen LogP contribution in [0.25, 0.3) is 10.9 Å². The minimum absolute atomic E-state index is 0.194. The first kappa shape index (κ1) is 18.0. The highest BCUT2D eigenvalue weighted by Gasteiger charge is 2.24. The van der Waals surface area contributed by atoms with Crippen molar-refractivity contribution in [3.8, 4) is 5.75 Å². The minimum Gasteiger partial charge on any atom is -0.496 e. The van der Waals surface area contributed by atoms with E-state index < -0.39 is 16.0 Å². The first-order valence-electron chi connectivity index (χ1n) is 7.90. The number of rotatable bonds is 4. The van der Waals surface area contributed by atoms with Gasteiger partial charge in [-0.2, -0.15) is 0 Å². The lowest BCUT2D eigenvalue weighted by atomic mass is 10.1. The van der Waals surface area contributed by atoms with Crippen LogP contribution in [-0.4, -0.2) is 32.6 Å². The second-order valence-corrected chi connectivity index (χ2v) is 7.76. The van der Waals surface area contributed by atoms with Gasteiger partial charge in [0.1, 0.15) is 11.3 Å². The minimum atomic E-state index is -3.79. The maximum absolute atomic E-state index is 13.1. The predicted octanol–water partition coefficient (Wildman–Crippen LogP) is 3.29. The maximum Gasteiger partial charge on any atom is 0.341 e. The summed E-state index contributed by atoms with van der Waals surface area (Å²) in [6.45, 7) is 3.60. The molecule has 0 aliphatic heterocycles. The Morgan fingerprint density at radius 3 is 2.23 bits per heavy atom. The highest BCUT2D eigenvalue weighted by molar-refractivity contribution is 7.90. The lowest BCUT2D eigenvalue weighted by Gasteiger charge is -2.12. The third-order valence-corrected chi connectivity index (χ3v) is 6.05. The summed E-state index contributed by atoms with van der Waals surface area (Å²) in [5.74, 6) is -0.293. The van der Waals surface area contributed by atoms with E-state index >= 15 is 0 Å². The lowest BCUT2D eigenvalue weighted by molar-refractivity contribution is 0.0597. The Balaban J connectivity index is 2.28. The Labute approximate surface area is 152 Å². The largest absolute Gasteiger partial charge is 0.496 e. The topological polar surface area (TPSA) is 74.6 Å². The van der Waals surface area contributed by atoms with Crippen molar-refractivity contribution in [2.24, 2.45) is 0 Å². The molecule has 0 amide bonds. The molecule has 0 unspecified atom stereocenters. The number of carbonyl (C=O) groups excluding carboxylic acids is 1. The van der Waals surface area contributed by atoms with E-state index in [1.165, 1.54) is 18.2 Å². The normalized spacial score (nSPS) is 11.5. The van der Waals surface area contributed by atoms with Gasteiger partial charge in [-0.1, -0.05) is 17.7 Å². The van der Waals surface area contributed by atoms with Crippen LogP contribution in [0.4, 0.5) is 0 Å². The number of benzene rings is 2. The number of carbonyl (C=O) groups is 1. The van der Waals surface area contributed by atoms with Crippen LogP contribution < -0.4 is 4.74 Å². The summed E-state index contributed by atoms with van der Waals surface area (Å²) in [4.78, 5) is 12.1. The fourth-order valence-electron chi connectivity index (χ4n) is 2.92. The molecule has 0 saturated heterocycles. The standard InChI is InChI=1S/C19H19NO5S/c1-12-5-7-15(8-6-12)26(22,23)20-13(2)9-14-10-16(19(21)25-4)18(24-3)11-17(14)20/h5-11H,1-4H3. The summed E-state index contributed by atoms with van der Waals surface area (Å²) < 4.78 is 37.6. The smallest absolute Gasteiger partial charge is 0.341 e. The fourth-order valence-corrected chi connectivity index (χ4v) is 4.46. The number of ether oxygens (including phenoxy) is 2. The van der Waals surface area contributed by atoms with Crippen molar-refractivity contribution in [2.45, 2.75) is 18.7 Å². The van der Waals surface area contributed by atoms with Crippen molar-refractivity contribution in [1.29, 1.82) is 0 Å². The van der Waals surface area contributed by atoms with Gasteiger partial charge in [-0.25, -0.2) is 17.2 Å². The summed E-state index contributed by atoms with van der Waals surface area (Å²) in [6, 6.07) is 11.5. The molecule has 2 aromatic carbocycles. The first-order valence-corrected chi connectivity index (χ1v) is 9.34. The molecule has 1 aromatic heterocycles. The molecule has 3 rings (SSSR count). The molecule has 0 bridgehead atoms. The Kier molecular flexibility index (Phi) is 4.50. The lowest BCUT2D eigenvalue weighted by Crippen LogP contribution is -2.14. The molecule has 0 saturated carbocycles. The molecular formula is C19H19NO5S. The van der Waals surface area contributed by atoms with Crippen molar-refractivity contribution in [1.82, 2.24) is 3.97 Å². The molecule has 1 heterocycles. The summed E-state index contributed by atoms with van der Waals surface area (Å²) >= 11 is 0. The van der Waals surface area contributed by atoms with Crippen molar-refractivity contribution in [3.63, 3.8) is 0 Å². The van der Waals surface area contributed by atoms with Crippen LogP contribution >= 0.6 is 0 Å². The SMILES string of the molecule is COC(=O)c1cc2cc(C)n(S(=O)(=O)c3ccc(C)cc3)c2cc1OC. The van der Waals surface area contributed by atoms with E-state index in [1.807, 2.05) is 6.92 Å². The predicted molar refractivity (Wildman–Crippen MR) is 98.3 cm³/mol. The average Bonchev–Trinajstić information content (AvgIpc) is 2.95. The van der Waals surface area contributed by atoms with Crippen LogP contribution in [0.5, 0.6) is 5.75 Å². The number of hydrogen-bond acceptors (Lipinski definition) is 5. The van der Waals surface area contributed by atoms with E-state index in [0.29, 0.717) is 16.6 Å². The van der Waals surface area contributed by atoms with E-state index in [2.05, 4.69) is 0 Å². The molecular weight excluding hydrogens is 354 g/mol. The van der Waals surface area contributed by atoms with Gasteiger partial charge in [0.2, 0.25) is 0 Å². The highest BCUT2D eigenvalue weighted by Crippen LogP contribution is 2.31. The molecule has 6 nitrogen and oxygen atoms in total. The van der Waals surface area contributed by atoms with Gasteiger partial charge in [-0.15, -0.1) is 0 Å². The molecule has 26 heavy (non-hydrogen) atoms. The van der Waals surface area contributed by atoms with E-state index in [9.17, 15) is 13.2 Å². The molecule has 0 radical (unpaired) electrons. The number of esters is 1. The van der Waals surface area contributed by atoms with Gasteiger partial charge in [0.05, 0.1) is 24.6 Å². The third-order valence-electron chi connectivity index (χ3n) is 4.22. The molecule has 0 N–H and O–H groups in total. The summed E-state index contributed by atoms with van der Waals surface area (Å²) in [5.41, 5.74) is 2.19. The molecule has 0 fully saturated rings. The van der Waals surface area contributed by atoms with Crippen molar-refractivity contribution < 1.29 is 22.7 Å². The molecule has 7 heteroatoms. The number of methoxy groups -OCH3 is 2. The van der Waals surface area contributed by atoms with Gasteiger partial charge >= 0.3 is 5.97 Å². The second kappa shape index (κ2) is 6.49. The van der Waals surface area contributed by atoms with Gasteiger partial charge in [0.25, 0.3) is 10.0 Å². The Bertz CT molecular complexity index is 1100. The zero-order valence-electron chi connectivity index (χ0n) is 14.9. The Morgan fingerprint density at radius 1 is 1.00 bits per heavy atom. The van der Waals surface area contributed by atoms with E-state index in [0.717, 1.165) is 5.56 Å². The molecule has 136 valence electrons. The summed E-state index contributed by atoms with van der Waals surface area (Å²) in [7, 11) is -1.09. The van der Waals surface area contributed by atoms with E-state index in [1.54, 1.807) is 49.4 Å². The number of hydrogen-bond donors (Lipinski definition) is 0. The summed E-state index contributed by atoms with van der Waals surface area (Å²) in [6.07, 6.45) is 0. The second-order valence-electron chi connectivity index (χ2n) is 5.97. The zero-order valence-corrected chi connectivity index (χ0v) is 15.8. The van der Waals surface area contributed by atoms with Gasteiger partial charge in [0.15, 0.2) is 0 Å². The molecule has 0 spiro atoms. The molecule has 0 atom stereocenters. The average molecular weight is 373 g/mol. The zero-order chi connectivity index (χ0) is 19.1. The number of nitrogens with zero attached hydrogens (tertiary/aromatic N) is 1. The molecule has 0 aliphatic rings. The molecule has 0 aliphatic carbocycles. The highest BCUT2D eigenvalue weighted by atomic mass is 32.2. The molecule has 3 aromatic rings. The van der Waals surface area contributed by atoms with Crippen molar-refractivity contribution in [3.05, 3.63) is 59.3 Å². The number of fused-ring (bicyclic) bond motifs is 1. The fraction of sp³-hybridized carbons (Fsp3) is 0.211. The monoisotopic (exact) mass is 373 g/mol. The van der Waals surface area contributed by atoms with Crippen LogP contribution in [0, 0.1) is 13.8 Å². The van der Waals surface area contributed by atoms with Gasteiger partial charge < -0.3 is 9.47 Å². The third kappa shape index (κ3) is 2.84. The van der Waals surface area contributed by atoms with E-state index in [4.69, 9.17) is 9.47 Å². The van der Waals surface area contributed by atoms with Crippen LogP contribution in [-0.2, 0) is 14.8 Å². The van der Waals surface area contributed by atoms with Crippen LogP contribution in [0.2, 0.25) is 0 Å². The quantitative estimate of drug-likeness (QED) is 0.656. The van der Waals surface area contributed by atoms with Crippen molar-refractivity contribution in [2.75, 3.05) is 14.2 Å². The van der Waals surface area contributed by atoms with Crippen molar-refractivity contribution >= 4 is 26.9 Å². The Hall–Kier alpha value is -2.80.